The maximum Gasteiger partial charge on any atom is 0.142 e. The van der Waals surface area contributed by atoms with Crippen LogP contribution in [0.2, 0.25) is 0 Å². The van der Waals surface area contributed by atoms with Crippen LogP contribution in [0.1, 0.15) is 23.1 Å². The van der Waals surface area contributed by atoms with Crippen molar-refractivity contribution >= 4 is 16.9 Å². The van der Waals surface area contributed by atoms with E-state index in [0.717, 1.165) is 41.2 Å². The molecule has 130 valence electrons. The summed E-state index contributed by atoms with van der Waals surface area (Å²) in [6.07, 6.45) is 2.76. The van der Waals surface area contributed by atoms with Gasteiger partial charge >= 0.3 is 0 Å². The summed E-state index contributed by atoms with van der Waals surface area (Å²) >= 11 is 0. The second-order valence-electron chi connectivity index (χ2n) is 6.46. The summed E-state index contributed by atoms with van der Waals surface area (Å²) in [5.74, 6) is 0.925. The van der Waals surface area contributed by atoms with Crippen LogP contribution in [0.5, 0.6) is 0 Å². The highest BCUT2D eigenvalue weighted by molar-refractivity contribution is 5.87. The molecule has 0 spiro atoms. The molecule has 1 atom stereocenters. The van der Waals surface area contributed by atoms with Crippen molar-refractivity contribution in [1.29, 1.82) is 0 Å². The van der Waals surface area contributed by atoms with E-state index < -0.39 is 6.10 Å². The van der Waals surface area contributed by atoms with Crippen molar-refractivity contribution in [3.8, 4) is 0 Å². The van der Waals surface area contributed by atoms with Gasteiger partial charge in [0.05, 0.1) is 29.9 Å². The summed E-state index contributed by atoms with van der Waals surface area (Å²) in [6.45, 7) is 2.27. The van der Waals surface area contributed by atoms with Crippen molar-refractivity contribution in [3.05, 3.63) is 71.9 Å². The number of rotatable bonds is 3. The van der Waals surface area contributed by atoms with Gasteiger partial charge in [-0.15, -0.1) is 0 Å². The van der Waals surface area contributed by atoms with Gasteiger partial charge in [-0.1, -0.05) is 30.3 Å². The Morgan fingerprint density at radius 2 is 1.96 bits per heavy atom. The quantitative estimate of drug-likeness (QED) is 0.594. The molecule has 2 N–H and O–H groups in total. The number of aromatic amines is 1. The van der Waals surface area contributed by atoms with Crippen molar-refractivity contribution in [2.75, 3.05) is 11.4 Å². The number of nitrogens with one attached hydrogen (secondary N) is 1. The fourth-order valence-electron chi connectivity index (χ4n) is 3.52. The number of nitrogens with zero attached hydrogens (tertiary/aromatic N) is 5. The molecule has 1 aromatic carbocycles. The lowest BCUT2D eigenvalue weighted by atomic mass is 10.1. The molecule has 4 heterocycles. The smallest absolute Gasteiger partial charge is 0.142 e. The summed E-state index contributed by atoms with van der Waals surface area (Å²) in [6, 6.07) is 13.6. The van der Waals surface area contributed by atoms with E-state index >= 15 is 0 Å². The zero-order chi connectivity index (χ0) is 17.5. The lowest BCUT2D eigenvalue weighted by Gasteiger charge is -2.28. The maximum absolute atomic E-state index is 10.6. The standard InChI is InChI=1S/C19H18N6O/c26-17(13-4-2-1-3-5-13)16-10-14-11-24(8-9-25(14)23-16)19-15-6-7-20-18(15)21-12-22-19/h1-7,10,12,17,26H,8-9,11H2,(H,20,21,22)/t17-/m1/s1. The van der Waals surface area contributed by atoms with Crippen molar-refractivity contribution in [1.82, 2.24) is 24.7 Å². The van der Waals surface area contributed by atoms with Gasteiger partial charge in [0.2, 0.25) is 0 Å². The summed E-state index contributed by atoms with van der Waals surface area (Å²) < 4.78 is 1.98. The molecule has 3 aromatic heterocycles. The Bertz CT molecular complexity index is 1050. The first-order valence-electron chi connectivity index (χ1n) is 8.62. The minimum atomic E-state index is -0.710. The average Bonchev–Trinajstić information content (AvgIpc) is 3.34. The predicted molar refractivity (Wildman–Crippen MR) is 97.7 cm³/mol. The molecule has 1 aliphatic heterocycles. The fraction of sp³-hybridized carbons (Fsp3) is 0.211. The van der Waals surface area contributed by atoms with Gasteiger partial charge in [-0.05, 0) is 17.7 Å². The Morgan fingerprint density at radius 1 is 1.08 bits per heavy atom. The monoisotopic (exact) mass is 346 g/mol. The molecule has 0 fully saturated rings. The third kappa shape index (κ3) is 2.44. The molecule has 0 radical (unpaired) electrons. The van der Waals surface area contributed by atoms with Crippen LogP contribution in [0.25, 0.3) is 11.0 Å². The van der Waals surface area contributed by atoms with E-state index in [1.54, 1.807) is 6.33 Å². The van der Waals surface area contributed by atoms with Crippen LogP contribution in [0.4, 0.5) is 5.82 Å². The van der Waals surface area contributed by atoms with Crippen LogP contribution in [0.15, 0.2) is 55.0 Å². The molecule has 0 saturated heterocycles. The number of H-pyrrole nitrogens is 1. The predicted octanol–water partition coefficient (Wildman–Crippen LogP) is 2.26. The van der Waals surface area contributed by atoms with Gasteiger partial charge in [0.25, 0.3) is 0 Å². The molecule has 7 heteroatoms. The molecule has 0 saturated carbocycles. The molecule has 26 heavy (non-hydrogen) atoms. The van der Waals surface area contributed by atoms with Gasteiger partial charge in [-0.2, -0.15) is 5.10 Å². The van der Waals surface area contributed by atoms with Crippen molar-refractivity contribution < 1.29 is 5.11 Å². The first-order chi connectivity index (χ1) is 12.8. The highest BCUT2D eigenvalue weighted by Gasteiger charge is 2.23. The van der Waals surface area contributed by atoms with Crippen molar-refractivity contribution in [3.63, 3.8) is 0 Å². The molecule has 5 rings (SSSR count). The minimum absolute atomic E-state index is 0.683. The van der Waals surface area contributed by atoms with Gasteiger partial charge in [-0.3, -0.25) is 4.68 Å². The lowest BCUT2D eigenvalue weighted by Crippen LogP contribution is -2.34. The molecule has 0 bridgehead atoms. The van der Waals surface area contributed by atoms with E-state index in [2.05, 4.69) is 25.0 Å². The van der Waals surface area contributed by atoms with Crippen molar-refractivity contribution in [2.45, 2.75) is 19.2 Å². The number of aliphatic hydroxyl groups is 1. The van der Waals surface area contributed by atoms with Crippen LogP contribution in [0, 0.1) is 0 Å². The second-order valence-corrected chi connectivity index (χ2v) is 6.46. The lowest BCUT2D eigenvalue weighted by molar-refractivity contribution is 0.214. The Balaban J connectivity index is 1.45. The summed E-state index contributed by atoms with van der Waals surface area (Å²) in [5.41, 5.74) is 3.45. The van der Waals surface area contributed by atoms with Crippen LogP contribution in [-0.4, -0.2) is 36.4 Å². The van der Waals surface area contributed by atoms with Crippen LogP contribution >= 0.6 is 0 Å². The molecule has 0 unspecified atom stereocenters. The zero-order valence-electron chi connectivity index (χ0n) is 14.1. The Labute approximate surface area is 149 Å². The number of hydrogen-bond acceptors (Lipinski definition) is 5. The van der Waals surface area contributed by atoms with Crippen LogP contribution in [0.3, 0.4) is 0 Å². The fourth-order valence-corrected chi connectivity index (χ4v) is 3.52. The second kappa shape index (κ2) is 5.96. The van der Waals surface area contributed by atoms with Crippen LogP contribution in [-0.2, 0) is 13.1 Å². The topological polar surface area (TPSA) is 82.9 Å². The zero-order valence-corrected chi connectivity index (χ0v) is 14.1. The minimum Gasteiger partial charge on any atom is -0.382 e. The summed E-state index contributed by atoms with van der Waals surface area (Å²) in [7, 11) is 0. The van der Waals surface area contributed by atoms with E-state index in [1.165, 1.54) is 0 Å². The third-order valence-electron chi connectivity index (χ3n) is 4.84. The van der Waals surface area contributed by atoms with E-state index in [4.69, 9.17) is 0 Å². The Hall–Kier alpha value is -3.19. The van der Waals surface area contributed by atoms with Gasteiger partial charge in [-0.25, -0.2) is 9.97 Å². The molecule has 4 aromatic rings. The van der Waals surface area contributed by atoms with E-state index in [-0.39, 0.29) is 0 Å². The number of hydrogen-bond donors (Lipinski definition) is 2. The number of anilines is 1. The molecular formula is C19H18N6O. The Morgan fingerprint density at radius 3 is 2.85 bits per heavy atom. The molecule has 0 aliphatic carbocycles. The van der Waals surface area contributed by atoms with E-state index in [0.29, 0.717) is 12.2 Å². The molecular weight excluding hydrogens is 328 g/mol. The first kappa shape index (κ1) is 15.1. The maximum atomic E-state index is 10.6. The third-order valence-corrected chi connectivity index (χ3v) is 4.84. The number of aliphatic hydroxyl groups excluding tert-OH is 1. The van der Waals surface area contributed by atoms with Gasteiger partial charge in [0, 0.05) is 12.7 Å². The largest absolute Gasteiger partial charge is 0.382 e. The normalized spacial score (nSPS) is 15.2. The van der Waals surface area contributed by atoms with E-state index in [9.17, 15) is 5.11 Å². The molecule has 7 nitrogen and oxygen atoms in total. The SMILES string of the molecule is O[C@H](c1ccccc1)c1cc2n(n1)CCN(c1ncnc3[nH]ccc13)C2. The Kier molecular flexibility index (Phi) is 3.46. The van der Waals surface area contributed by atoms with Crippen molar-refractivity contribution in [2.24, 2.45) is 0 Å². The number of benzene rings is 1. The summed E-state index contributed by atoms with van der Waals surface area (Å²) in [4.78, 5) is 14.1. The van der Waals surface area contributed by atoms with Gasteiger partial charge in [0.15, 0.2) is 0 Å². The number of aromatic nitrogens is 5. The molecule has 0 amide bonds. The number of fused-ring (bicyclic) bond motifs is 2. The van der Waals surface area contributed by atoms with Crippen LogP contribution < -0.4 is 4.90 Å². The molecule has 1 aliphatic rings. The van der Waals surface area contributed by atoms with Gasteiger partial charge in [0.1, 0.15) is 23.9 Å². The van der Waals surface area contributed by atoms with Gasteiger partial charge < -0.3 is 15.0 Å². The van der Waals surface area contributed by atoms with E-state index in [1.807, 2.05) is 53.3 Å². The average molecular weight is 346 g/mol. The highest BCUT2D eigenvalue weighted by atomic mass is 16.3. The summed E-state index contributed by atoms with van der Waals surface area (Å²) in [5, 5.41) is 16.3. The first-order valence-corrected chi connectivity index (χ1v) is 8.62. The highest BCUT2D eigenvalue weighted by Crippen LogP contribution is 2.28.